The lowest BCUT2D eigenvalue weighted by Crippen LogP contribution is -1.92. The van der Waals surface area contributed by atoms with E-state index in [9.17, 15) is 10.1 Å². The quantitative estimate of drug-likeness (QED) is 0.553. The number of hydrogen-bond donors (Lipinski definition) is 0. The summed E-state index contributed by atoms with van der Waals surface area (Å²) in [5.41, 5.74) is 1.43. The Hall–Kier alpha value is -2.23. The monoisotopic (exact) mass is 200 g/mol. The number of pyridine rings is 1. The summed E-state index contributed by atoms with van der Waals surface area (Å²) in [7, 11) is 0. The van der Waals surface area contributed by atoms with Crippen molar-refractivity contribution in [2.75, 3.05) is 0 Å². The molecule has 0 fully saturated rings. The van der Waals surface area contributed by atoms with Gasteiger partial charge in [0.25, 0.3) is 5.69 Å². The van der Waals surface area contributed by atoms with Gasteiger partial charge >= 0.3 is 0 Å². The van der Waals surface area contributed by atoms with Crippen LogP contribution in [0.3, 0.4) is 0 Å². The van der Waals surface area contributed by atoms with Crippen LogP contribution in [0.4, 0.5) is 5.69 Å². The van der Waals surface area contributed by atoms with Crippen molar-refractivity contribution in [1.29, 1.82) is 0 Å². The summed E-state index contributed by atoms with van der Waals surface area (Å²) in [6.07, 6.45) is 2.93. The van der Waals surface area contributed by atoms with Crippen LogP contribution in [0.15, 0.2) is 48.8 Å². The van der Waals surface area contributed by atoms with E-state index in [2.05, 4.69) is 4.98 Å². The number of aromatic nitrogens is 1. The molecule has 0 saturated carbocycles. The molecule has 0 aliphatic carbocycles. The molecule has 1 heterocycles. The molecule has 0 atom stereocenters. The van der Waals surface area contributed by atoms with Crippen LogP contribution in [0.25, 0.3) is 11.1 Å². The van der Waals surface area contributed by atoms with E-state index in [0.717, 1.165) is 5.56 Å². The van der Waals surface area contributed by atoms with E-state index in [1.54, 1.807) is 0 Å². The van der Waals surface area contributed by atoms with Crippen molar-refractivity contribution < 1.29 is 4.92 Å². The predicted molar refractivity (Wildman–Crippen MR) is 56.3 cm³/mol. The molecule has 15 heavy (non-hydrogen) atoms. The average Bonchev–Trinajstić information content (AvgIpc) is 2.30. The summed E-state index contributed by atoms with van der Waals surface area (Å²) in [4.78, 5) is 14.3. The van der Waals surface area contributed by atoms with E-state index >= 15 is 0 Å². The molecule has 2 rings (SSSR count). The standard InChI is InChI=1S/C11H8N2O2/c14-13(15)11-6-7-12-8-10(11)9-4-2-1-3-5-9/h1-8H. The molecule has 0 spiro atoms. The van der Waals surface area contributed by atoms with Crippen molar-refractivity contribution in [1.82, 2.24) is 4.98 Å². The fourth-order valence-electron chi connectivity index (χ4n) is 1.39. The summed E-state index contributed by atoms with van der Waals surface area (Å²) in [5, 5.41) is 10.8. The van der Waals surface area contributed by atoms with Gasteiger partial charge in [0.15, 0.2) is 0 Å². The molecule has 0 bridgehead atoms. The Morgan fingerprint density at radius 3 is 2.53 bits per heavy atom. The fourth-order valence-corrected chi connectivity index (χ4v) is 1.39. The van der Waals surface area contributed by atoms with Crippen LogP contribution in [-0.4, -0.2) is 9.91 Å². The second-order valence-electron chi connectivity index (χ2n) is 3.02. The normalized spacial score (nSPS) is 9.87. The second kappa shape index (κ2) is 3.88. The topological polar surface area (TPSA) is 56.0 Å². The third-order valence-electron chi connectivity index (χ3n) is 2.08. The first kappa shape index (κ1) is 9.33. The highest BCUT2D eigenvalue weighted by Gasteiger charge is 2.13. The summed E-state index contributed by atoms with van der Waals surface area (Å²) >= 11 is 0. The van der Waals surface area contributed by atoms with Gasteiger partial charge in [-0.15, -0.1) is 0 Å². The molecule has 2 aromatic rings. The number of nitro groups is 1. The van der Waals surface area contributed by atoms with Crippen LogP contribution in [0.5, 0.6) is 0 Å². The first-order valence-electron chi connectivity index (χ1n) is 4.43. The largest absolute Gasteiger partial charge is 0.280 e. The lowest BCUT2D eigenvalue weighted by molar-refractivity contribution is -0.384. The smallest absolute Gasteiger partial charge is 0.264 e. The number of hydrogen-bond acceptors (Lipinski definition) is 3. The van der Waals surface area contributed by atoms with Crippen LogP contribution in [0.2, 0.25) is 0 Å². The Morgan fingerprint density at radius 1 is 1.13 bits per heavy atom. The third-order valence-corrected chi connectivity index (χ3v) is 2.08. The van der Waals surface area contributed by atoms with Gasteiger partial charge in [0.1, 0.15) is 0 Å². The number of rotatable bonds is 2. The van der Waals surface area contributed by atoms with E-state index in [1.807, 2.05) is 30.3 Å². The second-order valence-corrected chi connectivity index (χ2v) is 3.02. The minimum atomic E-state index is -0.399. The van der Waals surface area contributed by atoms with Crippen LogP contribution >= 0.6 is 0 Å². The summed E-state index contributed by atoms with van der Waals surface area (Å²) < 4.78 is 0. The maximum Gasteiger partial charge on any atom is 0.280 e. The van der Waals surface area contributed by atoms with E-state index < -0.39 is 4.92 Å². The third kappa shape index (κ3) is 1.83. The molecule has 74 valence electrons. The molecule has 0 N–H and O–H groups in total. The highest BCUT2D eigenvalue weighted by Crippen LogP contribution is 2.27. The van der Waals surface area contributed by atoms with Gasteiger partial charge in [-0.05, 0) is 5.56 Å². The molecular formula is C11H8N2O2. The Balaban J connectivity index is 2.58. The molecule has 1 aromatic carbocycles. The molecule has 0 unspecified atom stereocenters. The Kier molecular flexibility index (Phi) is 2.41. The minimum Gasteiger partial charge on any atom is -0.264 e. The zero-order chi connectivity index (χ0) is 10.7. The maximum atomic E-state index is 10.8. The highest BCUT2D eigenvalue weighted by molar-refractivity contribution is 5.72. The lowest BCUT2D eigenvalue weighted by atomic mass is 10.1. The van der Waals surface area contributed by atoms with E-state index in [0.29, 0.717) is 5.56 Å². The Bertz CT molecular complexity index is 483. The van der Waals surface area contributed by atoms with Gasteiger partial charge in [-0.1, -0.05) is 30.3 Å². The molecule has 0 aliphatic heterocycles. The molecule has 0 radical (unpaired) electrons. The zero-order valence-electron chi connectivity index (χ0n) is 7.83. The van der Waals surface area contributed by atoms with Crippen LogP contribution in [-0.2, 0) is 0 Å². The van der Waals surface area contributed by atoms with E-state index in [4.69, 9.17) is 0 Å². The molecule has 0 amide bonds. The highest BCUT2D eigenvalue weighted by atomic mass is 16.6. The summed E-state index contributed by atoms with van der Waals surface area (Å²) in [6.45, 7) is 0. The average molecular weight is 200 g/mol. The molecule has 0 saturated heterocycles. The van der Waals surface area contributed by atoms with Gasteiger partial charge in [0.05, 0.1) is 10.5 Å². The van der Waals surface area contributed by atoms with E-state index in [1.165, 1.54) is 18.5 Å². The molecule has 1 aromatic heterocycles. The van der Waals surface area contributed by atoms with Gasteiger partial charge in [0, 0.05) is 18.5 Å². The zero-order valence-corrected chi connectivity index (χ0v) is 7.83. The first-order chi connectivity index (χ1) is 7.29. The predicted octanol–water partition coefficient (Wildman–Crippen LogP) is 2.66. The molecular weight excluding hydrogens is 192 g/mol. The van der Waals surface area contributed by atoms with Gasteiger partial charge in [0.2, 0.25) is 0 Å². The van der Waals surface area contributed by atoms with Crippen molar-refractivity contribution in [3.05, 3.63) is 58.9 Å². The van der Waals surface area contributed by atoms with Crippen LogP contribution < -0.4 is 0 Å². The SMILES string of the molecule is O=[N+]([O-])c1ccncc1-c1ccccc1. The summed E-state index contributed by atoms with van der Waals surface area (Å²) in [6, 6.07) is 10.6. The van der Waals surface area contributed by atoms with Crippen molar-refractivity contribution >= 4 is 5.69 Å². The molecule has 0 aliphatic rings. The van der Waals surface area contributed by atoms with Crippen LogP contribution in [0, 0.1) is 10.1 Å². The maximum absolute atomic E-state index is 10.8. The first-order valence-corrected chi connectivity index (χ1v) is 4.43. The van der Waals surface area contributed by atoms with Crippen molar-refractivity contribution in [3.63, 3.8) is 0 Å². The van der Waals surface area contributed by atoms with Crippen molar-refractivity contribution in [2.45, 2.75) is 0 Å². The number of benzene rings is 1. The van der Waals surface area contributed by atoms with Crippen molar-refractivity contribution in [3.8, 4) is 11.1 Å². The van der Waals surface area contributed by atoms with Crippen molar-refractivity contribution in [2.24, 2.45) is 0 Å². The van der Waals surface area contributed by atoms with Gasteiger partial charge < -0.3 is 0 Å². The fraction of sp³-hybridized carbons (Fsp3) is 0. The molecule has 4 heteroatoms. The van der Waals surface area contributed by atoms with Gasteiger partial charge in [-0.2, -0.15) is 0 Å². The molecule has 4 nitrogen and oxygen atoms in total. The Morgan fingerprint density at radius 2 is 1.87 bits per heavy atom. The van der Waals surface area contributed by atoms with Gasteiger partial charge in [-0.25, -0.2) is 0 Å². The Labute approximate surface area is 86.4 Å². The number of nitrogens with zero attached hydrogens (tertiary/aromatic N) is 2. The van der Waals surface area contributed by atoms with Crippen LogP contribution in [0.1, 0.15) is 0 Å². The lowest BCUT2D eigenvalue weighted by Gasteiger charge is -2.01. The summed E-state index contributed by atoms with van der Waals surface area (Å²) in [5.74, 6) is 0. The van der Waals surface area contributed by atoms with E-state index in [-0.39, 0.29) is 5.69 Å². The van der Waals surface area contributed by atoms with Gasteiger partial charge in [-0.3, -0.25) is 15.1 Å². The minimum absolute atomic E-state index is 0.0798.